The highest BCUT2D eigenvalue weighted by Crippen LogP contribution is 2.17. The van der Waals surface area contributed by atoms with Gasteiger partial charge in [-0.2, -0.15) is 13.2 Å². The Balaban J connectivity index is 4.98. The van der Waals surface area contributed by atoms with E-state index in [4.69, 9.17) is 0 Å². The largest absolute Gasteiger partial charge is 0.462 e. The van der Waals surface area contributed by atoms with Crippen molar-refractivity contribution in [1.29, 1.82) is 0 Å². The van der Waals surface area contributed by atoms with Gasteiger partial charge in [0.15, 0.2) is 0 Å². The van der Waals surface area contributed by atoms with Gasteiger partial charge in [-0.25, -0.2) is 4.79 Å². The Morgan fingerprint density at radius 1 is 1.22 bits per heavy atom. The van der Waals surface area contributed by atoms with Crippen molar-refractivity contribution in [1.82, 2.24) is 4.90 Å². The molecule has 18 heavy (non-hydrogen) atoms. The summed E-state index contributed by atoms with van der Waals surface area (Å²) in [5.41, 5.74) is -0.139. The molecule has 0 saturated carbocycles. The molecule has 102 valence electrons. The molecule has 0 aromatic rings. The third kappa shape index (κ3) is 6.07. The summed E-state index contributed by atoms with van der Waals surface area (Å²) < 4.78 is 40.5. The van der Waals surface area contributed by atoms with E-state index in [1.807, 2.05) is 0 Å². The maximum atomic E-state index is 12.0. The molecule has 0 aliphatic heterocycles. The van der Waals surface area contributed by atoms with Gasteiger partial charge in [0.25, 0.3) is 5.78 Å². The van der Waals surface area contributed by atoms with E-state index in [9.17, 15) is 22.8 Å². The maximum absolute atomic E-state index is 12.0. The monoisotopic (exact) mass is 265 g/mol. The molecule has 0 aliphatic rings. The van der Waals surface area contributed by atoms with Crippen LogP contribution < -0.4 is 0 Å². The van der Waals surface area contributed by atoms with Crippen molar-refractivity contribution >= 4 is 11.8 Å². The fraction of sp³-hybridized carbons (Fsp3) is 0.455. The first kappa shape index (κ1) is 16.2. The van der Waals surface area contributed by atoms with Crippen LogP contribution in [0, 0.1) is 0 Å². The molecule has 0 aromatic carbocycles. The van der Waals surface area contributed by atoms with Crippen LogP contribution in [-0.4, -0.2) is 43.5 Å². The van der Waals surface area contributed by atoms with Gasteiger partial charge in [-0.3, -0.25) is 4.79 Å². The van der Waals surface area contributed by atoms with E-state index in [1.165, 1.54) is 11.1 Å². The molecule has 0 amide bonds. The summed E-state index contributed by atoms with van der Waals surface area (Å²) in [5.74, 6) is -2.83. The van der Waals surface area contributed by atoms with E-state index in [-0.39, 0.29) is 12.2 Å². The first-order valence-corrected chi connectivity index (χ1v) is 5.03. The van der Waals surface area contributed by atoms with E-state index in [1.54, 1.807) is 21.0 Å². The summed E-state index contributed by atoms with van der Waals surface area (Å²) in [7, 11) is 3.16. The summed E-state index contributed by atoms with van der Waals surface area (Å²) in [6.07, 6.45) is -2.60. The second kappa shape index (κ2) is 6.83. The van der Waals surface area contributed by atoms with Gasteiger partial charge in [-0.1, -0.05) is 0 Å². The van der Waals surface area contributed by atoms with Crippen molar-refractivity contribution in [2.45, 2.75) is 13.1 Å². The first-order chi connectivity index (χ1) is 8.18. The molecule has 0 unspecified atom stereocenters. The summed E-state index contributed by atoms with van der Waals surface area (Å²) in [5, 5.41) is 0. The van der Waals surface area contributed by atoms with E-state index < -0.39 is 17.9 Å². The Morgan fingerprint density at radius 3 is 2.17 bits per heavy atom. The van der Waals surface area contributed by atoms with Gasteiger partial charge >= 0.3 is 12.1 Å². The van der Waals surface area contributed by atoms with Crippen LogP contribution in [0.2, 0.25) is 0 Å². The first-order valence-electron chi connectivity index (χ1n) is 5.03. The molecule has 0 aromatic heterocycles. The van der Waals surface area contributed by atoms with Gasteiger partial charge < -0.3 is 9.64 Å². The van der Waals surface area contributed by atoms with Gasteiger partial charge in [0.1, 0.15) is 0 Å². The average molecular weight is 265 g/mol. The number of rotatable bonds is 5. The molecule has 0 fully saturated rings. The standard InChI is InChI=1S/C11H14F3NO3/c1-4-18-10(17)8(7-15(2)3)5-6-9(16)11(12,13)14/h5-7H,4H2,1-3H3. The number of halogens is 3. The number of carbonyl (C=O) groups is 2. The highest BCUT2D eigenvalue weighted by Gasteiger charge is 2.36. The smallest absolute Gasteiger partial charge is 0.454 e. The lowest BCUT2D eigenvalue weighted by molar-refractivity contribution is -0.165. The van der Waals surface area contributed by atoms with Gasteiger partial charge in [-0.05, 0) is 19.1 Å². The van der Waals surface area contributed by atoms with Crippen LogP contribution in [0.5, 0.6) is 0 Å². The Hall–Kier alpha value is -1.79. The molecular formula is C11H14F3NO3. The number of carbonyl (C=O) groups excluding carboxylic acids is 2. The Labute approximate surface area is 103 Å². The quantitative estimate of drug-likeness (QED) is 0.431. The number of hydrogen-bond acceptors (Lipinski definition) is 4. The second-order valence-corrected chi connectivity index (χ2v) is 3.46. The summed E-state index contributed by atoms with van der Waals surface area (Å²) in [6, 6.07) is 0. The SMILES string of the molecule is CCOC(=O)C(C=CC(=O)C(F)(F)F)=CN(C)C. The van der Waals surface area contributed by atoms with E-state index >= 15 is 0 Å². The van der Waals surface area contributed by atoms with Gasteiger partial charge in [-0.15, -0.1) is 0 Å². The number of alkyl halides is 3. The van der Waals surface area contributed by atoms with Crippen LogP contribution in [0.1, 0.15) is 6.92 Å². The third-order valence-corrected chi connectivity index (χ3v) is 1.60. The lowest BCUT2D eigenvalue weighted by Gasteiger charge is -2.08. The number of allylic oxidation sites excluding steroid dienone is 1. The van der Waals surface area contributed by atoms with Crippen LogP contribution in [0.15, 0.2) is 23.9 Å². The number of esters is 1. The molecular weight excluding hydrogens is 251 g/mol. The van der Waals surface area contributed by atoms with Crippen molar-refractivity contribution < 1.29 is 27.5 Å². The van der Waals surface area contributed by atoms with Crippen LogP contribution in [-0.2, 0) is 14.3 Å². The van der Waals surface area contributed by atoms with Crippen molar-refractivity contribution in [3.05, 3.63) is 23.9 Å². The molecule has 7 heteroatoms. The molecule has 0 heterocycles. The topological polar surface area (TPSA) is 46.6 Å². The van der Waals surface area contributed by atoms with Crippen molar-refractivity contribution in [3.63, 3.8) is 0 Å². The zero-order valence-corrected chi connectivity index (χ0v) is 10.2. The molecule has 0 spiro atoms. The second-order valence-electron chi connectivity index (χ2n) is 3.46. The molecule has 4 nitrogen and oxygen atoms in total. The molecule has 0 aliphatic carbocycles. The lowest BCUT2D eigenvalue weighted by atomic mass is 10.2. The van der Waals surface area contributed by atoms with Crippen molar-refractivity contribution in [2.24, 2.45) is 0 Å². The lowest BCUT2D eigenvalue weighted by Crippen LogP contribution is -2.20. The molecule has 0 rings (SSSR count). The minimum Gasteiger partial charge on any atom is -0.462 e. The van der Waals surface area contributed by atoms with Crippen LogP contribution in [0.25, 0.3) is 0 Å². The van der Waals surface area contributed by atoms with Gasteiger partial charge in [0.2, 0.25) is 0 Å². The molecule has 0 atom stereocenters. The van der Waals surface area contributed by atoms with Crippen LogP contribution in [0.3, 0.4) is 0 Å². The summed E-state index contributed by atoms with van der Waals surface area (Å²) in [6.45, 7) is 1.65. The number of ether oxygens (including phenoxy) is 1. The Bertz CT molecular complexity index is 370. The third-order valence-electron chi connectivity index (χ3n) is 1.60. The normalized spacial score (nSPS) is 12.7. The number of hydrogen-bond donors (Lipinski definition) is 0. The minimum absolute atomic E-state index is 0.0880. The zero-order valence-electron chi connectivity index (χ0n) is 10.2. The van der Waals surface area contributed by atoms with Crippen LogP contribution in [0.4, 0.5) is 13.2 Å². The van der Waals surface area contributed by atoms with E-state index in [0.717, 1.165) is 6.08 Å². The molecule has 0 saturated heterocycles. The zero-order chi connectivity index (χ0) is 14.3. The number of ketones is 1. The fourth-order valence-corrected chi connectivity index (χ4v) is 0.916. The molecule has 0 N–H and O–H groups in total. The number of nitrogens with zero attached hydrogens (tertiary/aromatic N) is 1. The van der Waals surface area contributed by atoms with E-state index in [0.29, 0.717) is 6.08 Å². The maximum Gasteiger partial charge on any atom is 0.454 e. The predicted molar refractivity (Wildman–Crippen MR) is 58.6 cm³/mol. The highest BCUT2D eigenvalue weighted by atomic mass is 19.4. The van der Waals surface area contributed by atoms with Gasteiger partial charge in [0, 0.05) is 20.3 Å². The summed E-state index contributed by atoms with van der Waals surface area (Å²) >= 11 is 0. The van der Waals surface area contributed by atoms with Gasteiger partial charge in [0.05, 0.1) is 12.2 Å². The Kier molecular flexibility index (Phi) is 6.15. The van der Waals surface area contributed by atoms with E-state index in [2.05, 4.69) is 4.74 Å². The summed E-state index contributed by atoms with van der Waals surface area (Å²) in [4.78, 5) is 23.5. The van der Waals surface area contributed by atoms with Crippen molar-refractivity contribution in [3.8, 4) is 0 Å². The average Bonchev–Trinajstić information content (AvgIpc) is 2.22. The van der Waals surface area contributed by atoms with Crippen molar-refractivity contribution in [2.75, 3.05) is 20.7 Å². The highest BCUT2D eigenvalue weighted by molar-refractivity contribution is 5.98. The fourth-order valence-electron chi connectivity index (χ4n) is 0.916. The molecule has 0 radical (unpaired) electrons. The predicted octanol–water partition coefficient (Wildman–Crippen LogP) is 1.68. The Morgan fingerprint density at radius 2 is 1.78 bits per heavy atom. The molecule has 0 bridgehead atoms. The van der Waals surface area contributed by atoms with Crippen LogP contribution >= 0.6 is 0 Å². The minimum atomic E-state index is -4.95.